The molecule has 4 aromatic rings. The van der Waals surface area contributed by atoms with Crippen LogP contribution in [-0.4, -0.2) is 10.2 Å². The summed E-state index contributed by atoms with van der Waals surface area (Å²) < 4.78 is 5.84. The average Bonchev–Trinajstić information content (AvgIpc) is 3.36. The number of hydrogen-bond donors (Lipinski definition) is 1. The molecule has 0 saturated heterocycles. The summed E-state index contributed by atoms with van der Waals surface area (Å²) in [4.78, 5) is 1.30. The van der Waals surface area contributed by atoms with Gasteiger partial charge >= 0.3 is 0 Å². The first kappa shape index (κ1) is 17.9. The van der Waals surface area contributed by atoms with Gasteiger partial charge in [0.05, 0.1) is 4.88 Å². The molecule has 0 radical (unpaired) electrons. The number of benzene rings is 2. The summed E-state index contributed by atoms with van der Waals surface area (Å²) in [6.45, 7) is 2.71. The number of hydrogen-bond acceptors (Lipinski definition) is 4. The number of aryl methyl sites for hydroxylation is 1. The molecule has 4 nitrogen and oxygen atoms in total. The number of nitrogens with zero attached hydrogens (tertiary/aromatic N) is 2. The molecule has 0 aliphatic heterocycles. The van der Waals surface area contributed by atoms with Crippen LogP contribution in [0.3, 0.4) is 0 Å². The summed E-state index contributed by atoms with van der Waals surface area (Å²) in [6, 6.07) is 20.5. The highest BCUT2D eigenvalue weighted by Gasteiger charge is 2.20. The minimum Gasteiger partial charge on any atom is -0.415 e. The lowest BCUT2D eigenvalue weighted by Gasteiger charge is -2.14. The third-order valence-corrected chi connectivity index (χ3v) is 5.58. The SMILES string of the molecule is Cc1ccc([C@@H]([NH2+]Cc2nnc(-c3ccc(Cl)cc3)o2)c2cccs2)cc1. The molecule has 0 aliphatic rings. The van der Waals surface area contributed by atoms with Crippen molar-refractivity contribution in [2.75, 3.05) is 0 Å². The molecule has 2 N–H and O–H groups in total. The standard InChI is InChI=1S/C21H18ClN3OS/c1-14-4-6-15(7-5-14)20(18-3-2-12-27-18)23-13-19-24-25-21(26-19)16-8-10-17(22)11-9-16/h2-12,20,23H,13H2,1H3/p+1/t20-/m1/s1. The minimum absolute atomic E-state index is 0.205. The highest BCUT2D eigenvalue weighted by Crippen LogP contribution is 2.24. The Bertz CT molecular complexity index is 995. The molecule has 0 aliphatic carbocycles. The predicted octanol–water partition coefficient (Wildman–Crippen LogP) is 4.61. The van der Waals surface area contributed by atoms with E-state index in [4.69, 9.17) is 16.0 Å². The fraction of sp³-hybridized carbons (Fsp3) is 0.143. The Morgan fingerprint density at radius 1 is 1.04 bits per heavy atom. The minimum atomic E-state index is 0.205. The van der Waals surface area contributed by atoms with Gasteiger partial charge in [0.2, 0.25) is 5.89 Å². The first-order valence-electron chi connectivity index (χ1n) is 8.70. The summed E-state index contributed by atoms with van der Waals surface area (Å²) in [5, 5.41) is 13.4. The van der Waals surface area contributed by atoms with E-state index < -0.39 is 0 Å². The fourth-order valence-corrected chi connectivity index (χ4v) is 3.90. The third kappa shape index (κ3) is 4.27. The van der Waals surface area contributed by atoms with Crippen molar-refractivity contribution in [2.45, 2.75) is 19.5 Å². The molecule has 0 fully saturated rings. The molecule has 0 bridgehead atoms. The molecule has 0 spiro atoms. The van der Waals surface area contributed by atoms with Crippen molar-refractivity contribution >= 4 is 22.9 Å². The lowest BCUT2D eigenvalue weighted by atomic mass is 10.0. The third-order valence-electron chi connectivity index (χ3n) is 4.37. The molecule has 136 valence electrons. The molecule has 2 heterocycles. The van der Waals surface area contributed by atoms with Crippen LogP contribution >= 0.6 is 22.9 Å². The first-order valence-corrected chi connectivity index (χ1v) is 9.96. The number of nitrogens with two attached hydrogens (primary N) is 1. The second kappa shape index (κ2) is 8.05. The quantitative estimate of drug-likeness (QED) is 0.517. The highest BCUT2D eigenvalue weighted by molar-refractivity contribution is 7.10. The lowest BCUT2D eigenvalue weighted by Crippen LogP contribution is -2.83. The Balaban J connectivity index is 1.51. The Labute approximate surface area is 166 Å². The van der Waals surface area contributed by atoms with Gasteiger partial charge in [-0.3, -0.25) is 0 Å². The van der Waals surface area contributed by atoms with Gasteiger partial charge in [-0.25, -0.2) is 0 Å². The van der Waals surface area contributed by atoms with Crippen molar-refractivity contribution in [3.63, 3.8) is 0 Å². The van der Waals surface area contributed by atoms with Crippen LogP contribution in [0.25, 0.3) is 11.5 Å². The van der Waals surface area contributed by atoms with Gasteiger partial charge in [0.1, 0.15) is 6.04 Å². The van der Waals surface area contributed by atoms with Crippen LogP contribution < -0.4 is 5.32 Å². The molecular formula is C21H19ClN3OS+. The van der Waals surface area contributed by atoms with E-state index in [1.54, 1.807) is 11.3 Å². The Hall–Kier alpha value is -2.47. The van der Waals surface area contributed by atoms with E-state index in [2.05, 4.69) is 64.2 Å². The van der Waals surface area contributed by atoms with Crippen molar-refractivity contribution in [3.8, 4) is 11.5 Å². The number of halogens is 1. The topological polar surface area (TPSA) is 55.5 Å². The van der Waals surface area contributed by atoms with E-state index in [-0.39, 0.29) is 6.04 Å². The lowest BCUT2D eigenvalue weighted by molar-refractivity contribution is -0.703. The van der Waals surface area contributed by atoms with E-state index in [0.29, 0.717) is 23.3 Å². The van der Waals surface area contributed by atoms with Gasteiger partial charge in [0, 0.05) is 16.1 Å². The number of rotatable bonds is 6. The number of aromatic nitrogens is 2. The number of quaternary nitrogens is 1. The van der Waals surface area contributed by atoms with Crippen LogP contribution in [0.5, 0.6) is 0 Å². The zero-order valence-corrected chi connectivity index (χ0v) is 16.4. The van der Waals surface area contributed by atoms with Crippen LogP contribution in [0.1, 0.15) is 27.9 Å². The van der Waals surface area contributed by atoms with Crippen LogP contribution in [-0.2, 0) is 6.54 Å². The average molecular weight is 397 g/mol. The summed E-state index contributed by atoms with van der Waals surface area (Å²) in [5.41, 5.74) is 3.39. The van der Waals surface area contributed by atoms with Crippen molar-refractivity contribution < 1.29 is 9.73 Å². The molecule has 0 unspecified atom stereocenters. The van der Waals surface area contributed by atoms with Crippen molar-refractivity contribution in [1.29, 1.82) is 0 Å². The van der Waals surface area contributed by atoms with E-state index in [1.807, 2.05) is 24.3 Å². The first-order chi connectivity index (χ1) is 13.2. The summed E-state index contributed by atoms with van der Waals surface area (Å²) in [7, 11) is 0. The van der Waals surface area contributed by atoms with Crippen molar-refractivity contribution in [2.24, 2.45) is 0 Å². The maximum Gasteiger partial charge on any atom is 0.271 e. The van der Waals surface area contributed by atoms with E-state index >= 15 is 0 Å². The molecule has 0 saturated carbocycles. The van der Waals surface area contributed by atoms with Gasteiger partial charge in [-0.05, 0) is 42.6 Å². The van der Waals surface area contributed by atoms with Crippen molar-refractivity contribution in [1.82, 2.24) is 10.2 Å². The second-order valence-electron chi connectivity index (χ2n) is 6.35. The molecular weight excluding hydrogens is 378 g/mol. The van der Waals surface area contributed by atoms with Gasteiger partial charge < -0.3 is 9.73 Å². The fourth-order valence-electron chi connectivity index (χ4n) is 2.92. The highest BCUT2D eigenvalue weighted by atomic mass is 35.5. The Kier molecular flexibility index (Phi) is 5.34. The van der Waals surface area contributed by atoms with E-state index in [0.717, 1.165) is 5.56 Å². The van der Waals surface area contributed by atoms with Gasteiger partial charge in [0.25, 0.3) is 5.89 Å². The molecule has 2 aromatic heterocycles. The Morgan fingerprint density at radius 3 is 2.52 bits per heavy atom. The maximum absolute atomic E-state index is 5.94. The summed E-state index contributed by atoms with van der Waals surface area (Å²) >= 11 is 7.69. The van der Waals surface area contributed by atoms with Gasteiger partial charge in [-0.1, -0.05) is 47.5 Å². The summed E-state index contributed by atoms with van der Waals surface area (Å²) in [5.74, 6) is 1.12. The summed E-state index contributed by atoms with van der Waals surface area (Å²) in [6.07, 6.45) is 0. The molecule has 6 heteroatoms. The monoisotopic (exact) mass is 396 g/mol. The largest absolute Gasteiger partial charge is 0.415 e. The van der Waals surface area contributed by atoms with Gasteiger partial charge in [-0.2, -0.15) is 0 Å². The predicted molar refractivity (Wildman–Crippen MR) is 108 cm³/mol. The zero-order chi connectivity index (χ0) is 18.6. The maximum atomic E-state index is 5.94. The Morgan fingerprint density at radius 2 is 1.81 bits per heavy atom. The zero-order valence-electron chi connectivity index (χ0n) is 14.8. The smallest absolute Gasteiger partial charge is 0.271 e. The molecule has 1 atom stereocenters. The van der Waals surface area contributed by atoms with Crippen LogP contribution in [0.4, 0.5) is 0 Å². The molecule has 4 rings (SSSR count). The van der Waals surface area contributed by atoms with E-state index in [1.165, 1.54) is 16.0 Å². The van der Waals surface area contributed by atoms with Crippen LogP contribution in [0, 0.1) is 6.92 Å². The van der Waals surface area contributed by atoms with Gasteiger partial charge in [0.15, 0.2) is 6.54 Å². The molecule has 0 amide bonds. The van der Waals surface area contributed by atoms with Gasteiger partial charge in [-0.15, -0.1) is 21.5 Å². The normalized spacial score (nSPS) is 12.2. The van der Waals surface area contributed by atoms with Crippen LogP contribution in [0.15, 0.2) is 70.5 Å². The van der Waals surface area contributed by atoms with Crippen molar-refractivity contribution in [3.05, 3.63) is 93.0 Å². The molecule has 27 heavy (non-hydrogen) atoms. The van der Waals surface area contributed by atoms with Crippen LogP contribution in [0.2, 0.25) is 5.02 Å². The van der Waals surface area contributed by atoms with E-state index in [9.17, 15) is 0 Å². The second-order valence-corrected chi connectivity index (χ2v) is 7.77. The molecule has 2 aromatic carbocycles. The number of thiophene rings is 1.